The Morgan fingerprint density at radius 2 is 2.15 bits per heavy atom. The molecule has 6 heteroatoms. The van der Waals surface area contributed by atoms with Crippen LogP contribution < -0.4 is 5.32 Å². The first-order valence-corrected chi connectivity index (χ1v) is 8.21. The van der Waals surface area contributed by atoms with E-state index in [1.165, 1.54) is 23.1 Å². The molecule has 0 aliphatic carbocycles. The number of para-hydroxylation sites is 1. The molecule has 1 N–H and O–H groups in total. The van der Waals surface area contributed by atoms with E-state index in [-0.39, 0.29) is 5.91 Å². The first-order valence-electron chi connectivity index (χ1n) is 6.41. The van der Waals surface area contributed by atoms with Gasteiger partial charge < -0.3 is 5.32 Å². The zero-order valence-corrected chi connectivity index (χ0v) is 13.4. The zero-order valence-electron chi connectivity index (χ0n) is 11.8. The lowest BCUT2D eigenvalue weighted by Gasteiger charge is -2.12. The van der Waals surface area contributed by atoms with Crippen molar-refractivity contribution in [2.24, 2.45) is 0 Å². The first-order chi connectivity index (χ1) is 9.60. The van der Waals surface area contributed by atoms with Gasteiger partial charge >= 0.3 is 0 Å². The first kappa shape index (κ1) is 15.0. The summed E-state index contributed by atoms with van der Waals surface area (Å²) < 4.78 is 0.832. The van der Waals surface area contributed by atoms with Gasteiger partial charge in [0.25, 0.3) is 0 Å². The Bertz CT molecular complexity index is 610. The predicted molar refractivity (Wildman–Crippen MR) is 84.6 cm³/mol. The summed E-state index contributed by atoms with van der Waals surface area (Å²) >= 11 is 2.93. The molecule has 0 saturated carbocycles. The van der Waals surface area contributed by atoms with Gasteiger partial charge in [-0.25, -0.2) is 0 Å². The number of hydrogen-bond donors (Lipinski definition) is 1. The quantitative estimate of drug-likeness (QED) is 0.860. The van der Waals surface area contributed by atoms with Gasteiger partial charge in [-0.3, -0.25) is 4.79 Å². The van der Waals surface area contributed by atoms with Crippen LogP contribution in [0.15, 0.2) is 22.5 Å². The molecule has 20 heavy (non-hydrogen) atoms. The van der Waals surface area contributed by atoms with Crippen molar-refractivity contribution in [2.45, 2.75) is 31.5 Å². The number of aromatic nitrogens is 2. The lowest BCUT2D eigenvalue weighted by Crippen LogP contribution is -2.16. The molecule has 0 aliphatic rings. The Hall–Kier alpha value is -1.40. The van der Waals surface area contributed by atoms with E-state index in [1.807, 2.05) is 32.0 Å². The molecule has 2 aromatic rings. The van der Waals surface area contributed by atoms with Gasteiger partial charge in [-0.05, 0) is 31.4 Å². The summed E-state index contributed by atoms with van der Waals surface area (Å²) in [4.78, 5) is 12.0. The molecule has 0 radical (unpaired) electrons. The second kappa shape index (κ2) is 6.85. The van der Waals surface area contributed by atoms with Crippen molar-refractivity contribution in [3.05, 3.63) is 34.3 Å². The van der Waals surface area contributed by atoms with Gasteiger partial charge in [-0.15, -0.1) is 10.2 Å². The van der Waals surface area contributed by atoms with Crippen LogP contribution in [0.3, 0.4) is 0 Å². The standard InChI is InChI=1S/C14H17N3OS2/c1-4-11-7-5-6-9(2)13(11)15-12(18)8-19-14-17-16-10(3)20-14/h5-7H,4,8H2,1-3H3,(H,15,18). The highest BCUT2D eigenvalue weighted by molar-refractivity contribution is 8.01. The van der Waals surface area contributed by atoms with Crippen molar-refractivity contribution in [1.29, 1.82) is 0 Å². The van der Waals surface area contributed by atoms with E-state index in [0.29, 0.717) is 5.75 Å². The van der Waals surface area contributed by atoms with Crippen molar-refractivity contribution in [3.63, 3.8) is 0 Å². The minimum atomic E-state index is -0.00754. The number of rotatable bonds is 5. The van der Waals surface area contributed by atoms with Crippen molar-refractivity contribution in [1.82, 2.24) is 10.2 Å². The number of nitrogens with one attached hydrogen (secondary N) is 1. The maximum Gasteiger partial charge on any atom is 0.234 e. The Balaban J connectivity index is 1.98. The smallest absolute Gasteiger partial charge is 0.234 e. The third kappa shape index (κ3) is 3.80. The molecule has 1 amide bonds. The predicted octanol–water partition coefficient (Wildman–Crippen LogP) is 3.45. The van der Waals surface area contributed by atoms with Crippen LogP contribution in [0.4, 0.5) is 5.69 Å². The molecule has 0 atom stereocenters. The highest BCUT2D eigenvalue weighted by atomic mass is 32.2. The third-order valence-electron chi connectivity index (χ3n) is 2.84. The summed E-state index contributed by atoms with van der Waals surface area (Å²) in [6.45, 7) is 6.00. The maximum absolute atomic E-state index is 12.0. The number of amides is 1. The summed E-state index contributed by atoms with van der Waals surface area (Å²) in [5.74, 6) is 0.346. The van der Waals surface area contributed by atoms with E-state index >= 15 is 0 Å². The lowest BCUT2D eigenvalue weighted by atomic mass is 10.1. The zero-order chi connectivity index (χ0) is 14.5. The monoisotopic (exact) mass is 307 g/mol. The van der Waals surface area contributed by atoms with Gasteiger partial charge in [0, 0.05) is 5.69 Å². The van der Waals surface area contributed by atoms with E-state index in [4.69, 9.17) is 0 Å². The largest absolute Gasteiger partial charge is 0.325 e. The summed E-state index contributed by atoms with van der Waals surface area (Å²) in [6.07, 6.45) is 0.903. The molecule has 106 valence electrons. The Labute approximate surface area is 127 Å². The summed E-state index contributed by atoms with van der Waals surface area (Å²) in [7, 11) is 0. The molecule has 0 bridgehead atoms. The van der Waals surface area contributed by atoms with E-state index in [9.17, 15) is 4.79 Å². The van der Waals surface area contributed by atoms with Crippen molar-refractivity contribution >= 4 is 34.7 Å². The SMILES string of the molecule is CCc1cccc(C)c1NC(=O)CSc1nnc(C)s1. The molecule has 1 aromatic carbocycles. The van der Waals surface area contributed by atoms with E-state index in [2.05, 4.69) is 22.4 Å². The molecule has 1 heterocycles. The molecule has 2 rings (SSSR count). The molecule has 0 aliphatic heterocycles. The second-order valence-electron chi connectivity index (χ2n) is 4.39. The Kier molecular flexibility index (Phi) is 5.14. The van der Waals surface area contributed by atoms with Crippen LogP contribution in [-0.4, -0.2) is 21.9 Å². The fourth-order valence-corrected chi connectivity index (χ4v) is 3.46. The number of anilines is 1. The molecular weight excluding hydrogens is 290 g/mol. The minimum Gasteiger partial charge on any atom is -0.325 e. The molecule has 0 saturated heterocycles. The molecular formula is C14H17N3OS2. The number of aryl methyl sites for hydroxylation is 3. The summed E-state index contributed by atoms with van der Waals surface area (Å²) in [5.41, 5.74) is 3.19. The van der Waals surface area contributed by atoms with Crippen LogP contribution in [0, 0.1) is 13.8 Å². The molecule has 0 unspecified atom stereocenters. The van der Waals surface area contributed by atoms with Crippen LogP contribution in [0.25, 0.3) is 0 Å². The highest BCUT2D eigenvalue weighted by Crippen LogP contribution is 2.24. The number of thioether (sulfide) groups is 1. The van der Waals surface area contributed by atoms with Gasteiger partial charge in [-0.1, -0.05) is 48.2 Å². The summed E-state index contributed by atoms with van der Waals surface area (Å²) in [6, 6.07) is 6.07. The number of hydrogen-bond acceptors (Lipinski definition) is 5. The van der Waals surface area contributed by atoms with Crippen LogP contribution in [-0.2, 0) is 11.2 Å². The topological polar surface area (TPSA) is 54.9 Å². The lowest BCUT2D eigenvalue weighted by molar-refractivity contribution is -0.113. The Morgan fingerprint density at radius 1 is 1.35 bits per heavy atom. The number of benzene rings is 1. The second-order valence-corrected chi connectivity index (χ2v) is 6.79. The van der Waals surface area contributed by atoms with E-state index in [0.717, 1.165) is 32.6 Å². The minimum absolute atomic E-state index is 0.00754. The van der Waals surface area contributed by atoms with E-state index < -0.39 is 0 Å². The Morgan fingerprint density at radius 3 is 2.80 bits per heavy atom. The average molecular weight is 307 g/mol. The van der Waals surface area contributed by atoms with Gasteiger partial charge in [0.05, 0.1) is 5.75 Å². The third-order valence-corrected chi connectivity index (χ3v) is 4.81. The van der Waals surface area contributed by atoms with Crippen LogP contribution >= 0.6 is 23.1 Å². The van der Waals surface area contributed by atoms with Crippen LogP contribution in [0.2, 0.25) is 0 Å². The fraction of sp³-hybridized carbons (Fsp3) is 0.357. The molecule has 0 spiro atoms. The summed E-state index contributed by atoms with van der Waals surface area (Å²) in [5, 5.41) is 11.9. The number of carbonyl (C=O) groups excluding carboxylic acids is 1. The fourth-order valence-electron chi connectivity index (χ4n) is 1.84. The average Bonchev–Trinajstić information content (AvgIpc) is 2.84. The van der Waals surface area contributed by atoms with Gasteiger partial charge in [0.15, 0.2) is 4.34 Å². The number of nitrogens with zero attached hydrogens (tertiary/aromatic N) is 2. The van der Waals surface area contributed by atoms with E-state index in [1.54, 1.807) is 0 Å². The van der Waals surface area contributed by atoms with Gasteiger partial charge in [0.2, 0.25) is 5.91 Å². The molecule has 1 aromatic heterocycles. The molecule has 4 nitrogen and oxygen atoms in total. The van der Waals surface area contributed by atoms with Crippen LogP contribution in [0.5, 0.6) is 0 Å². The van der Waals surface area contributed by atoms with Gasteiger partial charge in [-0.2, -0.15) is 0 Å². The molecule has 0 fully saturated rings. The normalized spacial score (nSPS) is 10.6. The van der Waals surface area contributed by atoms with Gasteiger partial charge in [0.1, 0.15) is 5.01 Å². The van der Waals surface area contributed by atoms with Crippen molar-refractivity contribution in [3.8, 4) is 0 Å². The number of carbonyl (C=O) groups is 1. The van der Waals surface area contributed by atoms with Crippen molar-refractivity contribution in [2.75, 3.05) is 11.1 Å². The maximum atomic E-state index is 12.0. The highest BCUT2D eigenvalue weighted by Gasteiger charge is 2.10. The van der Waals surface area contributed by atoms with Crippen LogP contribution in [0.1, 0.15) is 23.1 Å². The van der Waals surface area contributed by atoms with Crippen molar-refractivity contribution < 1.29 is 4.79 Å².